The number of fused-ring (bicyclic) bond motifs is 3. The summed E-state index contributed by atoms with van der Waals surface area (Å²) in [7, 11) is 0. The molecule has 3 aromatic rings. The number of hydrogen-bond acceptors (Lipinski definition) is 5. The molecule has 0 radical (unpaired) electrons. The van der Waals surface area contributed by atoms with Crippen LogP contribution in [0.4, 0.5) is 0 Å². The van der Waals surface area contributed by atoms with Gasteiger partial charge >= 0.3 is 0 Å². The molecule has 0 N–H and O–H groups in total. The first-order valence-electron chi connectivity index (χ1n) is 11.5. The minimum absolute atomic E-state index is 0.116. The van der Waals surface area contributed by atoms with Gasteiger partial charge in [-0.2, -0.15) is 0 Å². The average Bonchev–Trinajstić information content (AvgIpc) is 2.89. The van der Waals surface area contributed by atoms with Crippen molar-refractivity contribution in [1.29, 1.82) is 0 Å². The summed E-state index contributed by atoms with van der Waals surface area (Å²) in [6, 6.07) is 30.5. The largest absolute Gasteiger partial charge is 0.371 e. The Morgan fingerprint density at radius 2 is 1.12 bits per heavy atom. The van der Waals surface area contributed by atoms with Crippen LogP contribution >= 0.6 is 0 Å². The van der Waals surface area contributed by atoms with Crippen molar-refractivity contribution >= 4 is 0 Å². The lowest BCUT2D eigenvalue weighted by atomic mass is 9.87. The van der Waals surface area contributed by atoms with Crippen molar-refractivity contribution in [2.45, 2.75) is 37.8 Å². The van der Waals surface area contributed by atoms with E-state index in [2.05, 4.69) is 24.3 Å². The highest BCUT2D eigenvalue weighted by molar-refractivity contribution is 5.15. The number of hydrogen-bond donors (Lipinski definition) is 0. The first-order valence-corrected chi connectivity index (χ1v) is 11.5. The molecule has 0 unspecified atom stereocenters. The molecule has 0 aliphatic carbocycles. The number of benzene rings is 3. The highest BCUT2D eigenvalue weighted by atomic mass is 16.8. The molecule has 3 saturated heterocycles. The Hall–Kier alpha value is -2.54. The van der Waals surface area contributed by atoms with Gasteiger partial charge in [0.15, 0.2) is 0 Å². The third kappa shape index (κ3) is 5.35. The highest BCUT2D eigenvalue weighted by Crippen LogP contribution is 2.41. The fourth-order valence-corrected chi connectivity index (χ4v) is 4.46. The van der Waals surface area contributed by atoms with E-state index in [1.807, 2.05) is 66.7 Å². The van der Waals surface area contributed by atoms with E-state index in [-0.39, 0.29) is 18.6 Å². The van der Waals surface area contributed by atoms with E-state index in [0.717, 1.165) is 16.7 Å². The zero-order chi connectivity index (χ0) is 22.3. The van der Waals surface area contributed by atoms with Crippen LogP contribution in [0.25, 0.3) is 0 Å². The van der Waals surface area contributed by atoms with Gasteiger partial charge in [0.25, 0.3) is 0 Å². The van der Waals surface area contributed by atoms with Crippen LogP contribution in [0.2, 0.25) is 0 Å². The monoisotopic (exact) mass is 446 g/mol. The van der Waals surface area contributed by atoms with Gasteiger partial charge in [-0.25, -0.2) is 0 Å². The number of ether oxygens (including phenoxy) is 5. The highest BCUT2D eigenvalue weighted by Gasteiger charge is 2.58. The van der Waals surface area contributed by atoms with Gasteiger partial charge in [-0.3, -0.25) is 0 Å². The van der Waals surface area contributed by atoms with Gasteiger partial charge in [0.2, 0.25) is 5.79 Å². The second kappa shape index (κ2) is 10.6. The minimum atomic E-state index is -0.986. The lowest BCUT2D eigenvalue weighted by Gasteiger charge is -2.54. The summed E-state index contributed by atoms with van der Waals surface area (Å²) in [5, 5.41) is 0. The van der Waals surface area contributed by atoms with Crippen molar-refractivity contribution in [3.8, 4) is 0 Å². The van der Waals surface area contributed by atoms with E-state index in [0.29, 0.717) is 33.0 Å². The summed E-state index contributed by atoms with van der Waals surface area (Å²) in [4.78, 5) is 0. The Bertz CT molecular complexity index is 971. The summed E-state index contributed by atoms with van der Waals surface area (Å²) < 4.78 is 31.5. The Morgan fingerprint density at radius 1 is 0.636 bits per heavy atom. The van der Waals surface area contributed by atoms with Gasteiger partial charge in [-0.15, -0.1) is 0 Å². The van der Waals surface area contributed by atoms with E-state index in [9.17, 15) is 0 Å². The fourth-order valence-electron chi connectivity index (χ4n) is 4.46. The maximum Gasteiger partial charge on any atom is 0.221 e. The molecule has 0 amide bonds. The molecule has 3 aliphatic heterocycles. The van der Waals surface area contributed by atoms with Crippen LogP contribution in [-0.2, 0) is 43.5 Å². The maximum atomic E-state index is 6.46. The zero-order valence-corrected chi connectivity index (χ0v) is 18.7. The molecule has 3 aliphatic rings. The quantitative estimate of drug-likeness (QED) is 0.450. The third-order valence-electron chi connectivity index (χ3n) is 6.25. The average molecular weight is 447 g/mol. The van der Waals surface area contributed by atoms with Crippen LogP contribution in [0.15, 0.2) is 91.0 Å². The second-order valence-electron chi connectivity index (χ2n) is 8.65. The molecule has 0 spiro atoms. The Kier molecular flexibility index (Phi) is 7.15. The third-order valence-corrected chi connectivity index (χ3v) is 6.25. The maximum absolute atomic E-state index is 6.46. The summed E-state index contributed by atoms with van der Waals surface area (Å²) in [5.41, 5.74) is 3.34. The van der Waals surface area contributed by atoms with Crippen LogP contribution < -0.4 is 0 Å². The van der Waals surface area contributed by atoms with Gasteiger partial charge in [-0.1, -0.05) is 91.0 Å². The van der Waals surface area contributed by atoms with Crippen LogP contribution in [0.5, 0.6) is 0 Å². The molecule has 5 nitrogen and oxygen atoms in total. The Balaban J connectivity index is 1.31. The van der Waals surface area contributed by atoms with E-state index in [1.54, 1.807) is 0 Å². The zero-order valence-electron chi connectivity index (χ0n) is 18.7. The van der Waals surface area contributed by atoms with Gasteiger partial charge in [0.1, 0.15) is 12.7 Å². The van der Waals surface area contributed by atoms with Crippen molar-refractivity contribution in [2.75, 3.05) is 19.8 Å². The molecule has 2 atom stereocenters. The Morgan fingerprint density at radius 3 is 1.67 bits per heavy atom. The summed E-state index contributed by atoms with van der Waals surface area (Å²) in [5.74, 6) is -0.870. The van der Waals surface area contributed by atoms with Gasteiger partial charge in [0, 0.05) is 5.92 Å². The van der Waals surface area contributed by atoms with Gasteiger partial charge in [-0.05, 0) is 16.7 Å². The van der Waals surface area contributed by atoms with Crippen LogP contribution in [0, 0.1) is 5.92 Å². The molecule has 5 heteroatoms. The molecular formula is C28H30O5. The fraction of sp³-hybridized carbons (Fsp3) is 0.357. The molecule has 2 bridgehead atoms. The predicted molar refractivity (Wildman–Crippen MR) is 124 cm³/mol. The van der Waals surface area contributed by atoms with Crippen molar-refractivity contribution in [3.05, 3.63) is 108 Å². The molecule has 3 aromatic carbocycles. The lowest BCUT2D eigenvalue weighted by molar-refractivity contribution is -0.403. The van der Waals surface area contributed by atoms with Crippen LogP contribution in [0.1, 0.15) is 16.7 Å². The molecule has 3 heterocycles. The van der Waals surface area contributed by atoms with Gasteiger partial charge in [0.05, 0.1) is 39.1 Å². The van der Waals surface area contributed by atoms with Crippen molar-refractivity contribution in [1.82, 2.24) is 0 Å². The van der Waals surface area contributed by atoms with Crippen molar-refractivity contribution < 1.29 is 23.7 Å². The topological polar surface area (TPSA) is 46.2 Å². The SMILES string of the molecule is c1ccc(COCC23OCC(CO2)[C@@H](OCc2ccccc2)[C@@H]3OCc2ccccc2)cc1. The predicted octanol–water partition coefficient (Wildman–Crippen LogP) is 4.75. The molecule has 172 valence electrons. The standard InChI is InChI=1S/C28H30O5/c1-4-10-22(11-5-1)16-29-21-28-27(31-18-24-14-8-3-9-15-24)26(25(19-32-28)20-33-28)30-17-23-12-6-2-7-13-23/h1-15,25-27H,16-21H2/t25?,26-,27+,28?/m1/s1. The Labute approximate surface area is 195 Å². The first kappa shape index (κ1) is 22.3. The smallest absolute Gasteiger partial charge is 0.221 e. The van der Waals surface area contributed by atoms with E-state index in [1.165, 1.54) is 0 Å². The molecule has 0 aromatic heterocycles. The lowest BCUT2D eigenvalue weighted by Crippen LogP contribution is -2.69. The van der Waals surface area contributed by atoms with Crippen LogP contribution in [-0.4, -0.2) is 37.8 Å². The molecule has 0 saturated carbocycles. The van der Waals surface area contributed by atoms with E-state index in [4.69, 9.17) is 23.7 Å². The van der Waals surface area contributed by atoms with E-state index < -0.39 is 11.9 Å². The molecule has 33 heavy (non-hydrogen) atoms. The summed E-state index contributed by atoms with van der Waals surface area (Å²) >= 11 is 0. The molecule has 6 rings (SSSR count). The van der Waals surface area contributed by atoms with E-state index >= 15 is 0 Å². The van der Waals surface area contributed by atoms with Crippen molar-refractivity contribution in [3.63, 3.8) is 0 Å². The molecule has 3 fully saturated rings. The van der Waals surface area contributed by atoms with Crippen LogP contribution in [0.3, 0.4) is 0 Å². The first-order chi connectivity index (χ1) is 16.3. The normalized spacial score (nSPS) is 26.4. The molecular weight excluding hydrogens is 416 g/mol. The van der Waals surface area contributed by atoms with Gasteiger partial charge < -0.3 is 23.7 Å². The van der Waals surface area contributed by atoms with Crippen molar-refractivity contribution in [2.24, 2.45) is 5.92 Å². The summed E-state index contributed by atoms with van der Waals surface area (Å²) in [6.07, 6.45) is -0.540. The summed E-state index contributed by atoms with van der Waals surface area (Å²) in [6.45, 7) is 2.88. The number of rotatable bonds is 10. The minimum Gasteiger partial charge on any atom is -0.371 e. The second-order valence-corrected chi connectivity index (χ2v) is 8.65.